The highest BCUT2D eigenvalue weighted by Gasteiger charge is 2.13. The van der Waals surface area contributed by atoms with E-state index in [2.05, 4.69) is 22.9 Å². The van der Waals surface area contributed by atoms with Crippen molar-refractivity contribution >= 4 is 12.0 Å². The van der Waals surface area contributed by atoms with Crippen molar-refractivity contribution in [2.24, 2.45) is 9.98 Å². The highest BCUT2D eigenvalue weighted by atomic mass is 16.4. The monoisotopic (exact) mass is 563 g/mol. The summed E-state index contributed by atoms with van der Waals surface area (Å²) < 4.78 is 0. The quantitative estimate of drug-likeness (QED) is 0.102. The summed E-state index contributed by atoms with van der Waals surface area (Å²) in [4.78, 5) is 19.4. The Morgan fingerprint density at radius 2 is 0.925 bits per heavy atom. The Balaban J connectivity index is 0.000000448. The highest BCUT2D eigenvalue weighted by molar-refractivity contribution is 5.71. The number of rotatable bonds is 22. The van der Waals surface area contributed by atoms with Gasteiger partial charge in [-0.1, -0.05) is 161 Å². The van der Waals surface area contributed by atoms with E-state index in [1.807, 2.05) is 0 Å². The largest absolute Gasteiger partial charge is 0.479 e. The number of carboxylic acids is 1. The zero-order valence-electron chi connectivity index (χ0n) is 26.4. The van der Waals surface area contributed by atoms with Crippen LogP contribution in [0.25, 0.3) is 0 Å². The first-order valence-corrected chi connectivity index (χ1v) is 17.7. The van der Waals surface area contributed by atoms with E-state index >= 15 is 0 Å². The van der Waals surface area contributed by atoms with Gasteiger partial charge in [-0.3, -0.25) is 0 Å². The maximum absolute atomic E-state index is 10.5. The maximum Gasteiger partial charge on any atom is 0.332 e. The molecule has 0 saturated heterocycles. The Hall–Kier alpha value is -1.19. The van der Waals surface area contributed by atoms with Crippen LogP contribution in [0.5, 0.6) is 0 Å². The van der Waals surface area contributed by atoms with Crippen molar-refractivity contribution in [2.75, 3.05) is 0 Å². The summed E-state index contributed by atoms with van der Waals surface area (Å²) in [6.45, 7) is 2.28. The molecule has 2 rings (SSSR count). The molecule has 2 aliphatic carbocycles. The van der Waals surface area contributed by atoms with Crippen molar-refractivity contribution in [3.05, 3.63) is 0 Å². The summed E-state index contributed by atoms with van der Waals surface area (Å²) in [6.07, 6.45) is 36.3. The summed E-state index contributed by atoms with van der Waals surface area (Å²) >= 11 is 0. The molecule has 5 heteroatoms. The average Bonchev–Trinajstić information content (AvgIpc) is 2.98. The minimum absolute atomic E-state index is 0.397. The summed E-state index contributed by atoms with van der Waals surface area (Å²) in [5.41, 5.74) is 0. The van der Waals surface area contributed by atoms with Gasteiger partial charge in [-0.05, 0) is 32.1 Å². The number of hydrogen-bond acceptors (Lipinski definition) is 4. The third kappa shape index (κ3) is 23.5. The molecule has 0 aromatic rings. The molecule has 0 radical (unpaired) electrons. The van der Waals surface area contributed by atoms with Gasteiger partial charge in [0.25, 0.3) is 0 Å². The third-order valence-electron chi connectivity index (χ3n) is 8.75. The van der Waals surface area contributed by atoms with Crippen LogP contribution in [0.2, 0.25) is 0 Å². The molecule has 2 saturated carbocycles. The van der Waals surface area contributed by atoms with E-state index < -0.39 is 12.1 Å². The molecule has 2 fully saturated rings. The van der Waals surface area contributed by atoms with Crippen LogP contribution in [0.1, 0.15) is 193 Å². The van der Waals surface area contributed by atoms with Crippen molar-refractivity contribution in [1.29, 1.82) is 0 Å². The summed E-state index contributed by atoms with van der Waals surface area (Å²) in [5.74, 6) is -1.09. The predicted octanol–water partition coefficient (Wildman–Crippen LogP) is 10.7. The third-order valence-corrected chi connectivity index (χ3v) is 8.75. The van der Waals surface area contributed by atoms with Gasteiger partial charge in [0.05, 0.1) is 18.1 Å². The molecule has 0 aromatic carbocycles. The van der Waals surface area contributed by atoms with E-state index in [4.69, 9.17) is 10.2 Å². The lowest BCUT2D eigenvalue weighted by Gasteiger charge is -2.17. The van der Waals surface area contributed by atoms with Crippen LogP contribution < -0.4 is 0 Å². The minimum atomic E-state index is -1.17. The fourth-order valence-corrected chi connectivity index (χ4v) is 5.98. The van der Waals surface area contributed by atoms with E-state index in [1.54, 1.807) is 0 Å². The van der Waals surface area contributed by atoms with Crippen LogP contribution in [-0.2, 0) is 4.79 Å². The first-order chi connectivity index (χ1) is 19.6. The maximum atomic E-state index is 10.5. The number of aliphatic carboxylic acids is 1. The van der Waals surface area contributed by atoms with Crippen LogP contribution in [0.15, 0.2) is 9.98 Å². The molecule has 1 unspecified atom stereocenters. The van der Waals surface area contributed by atoms with E-state index in [-0.39, 0.29) is 0 Å². The molecule has 2 N–H and O–H groups in total. The molecule has 0 bridgehead atoms. The second kappa shape index (κ2) is 28.0. The normalized spacial score (nSPS) is 16.9. The zero-order chi connectivity index (χ0) is 28.9. The number of aliphatic hydroxyl groups is 1. The number of carboxylic acid groups (broad SMARTS) is 1. The molecule has 234 valence electrons. The van der Waals surface area contributed by atoms with Gasteiger partial charge in [0.2, 0.25) is 0 Å². The Morgan fingerprint density at radius 1 is 0.600 bits per heavy atom. The average molecular weight is 563 g/mol. The second-order valence-corrected chi connectivity index (χ2v) is 12.6. The molecule has 5 nitrogen and oxygen atoms in total. The van der Waals surface area contributed by atoms with Crippen LogP contribution >= 0.6 is 0 Å². The first-order valence-electron chi connectivity index (χ1n) is 17.7. The number of hydrogen-bond donors (Lipinski definition) is 2. The van der Waals surface area contributed by atoms with Gasteiger partial charge in [-0.15, -0.1) is 0 Å². The van der Waals surface area contributed by atoms with Gasteiger partial charge < -0.3 is 10.2 Å². The van der Waals surface area contributed by atoms with Gasteiger partial charge in [0.1, 0.15) is 0 Å². The molecule has 2 aliphatic rings. The topological polar surface area (TPSA) is 82.2 Å². The lowest BCUT2D eigenvalue weighted by molar-refractivity contribution is -0.146. The summed E-state index contributed by atoms with van der Waals surface area (Å²) in [5, 5.41) is 17.7. The first kappa shape index (κ1) is 36.8. The molecule has 0 spiro atoms. The van der Waals surface area contributed by atoms with Gasteiger partial charge >= 0.3 is 5.97 Å². The van der Waals surface area contributed by atoms with Crippen molar-refractivity contribution in [3.63, 3.8) is 0 Å². The van der Waals surface area contributed by atoms with Gasteiger partial charge in [0.15, 0.2) is 6.10 Å². The molecular weight excluding hydrogens is 496 g/mol. The Kier molecular flexibility index (Phi) is 25.7. The predicted molar refractivity (Wildman–Crippen MR) is 171 cm³/mol. The van der Waals surface area contributed by atoms with Crippen LogP contribution in [0, 0.1) is 0 Å². The van der Waals surface area contributed by atoms with E-state index in [0.717, 1.165) is 12.8 Å². The summed E-state index contributed by atoms with van der Waals surface area (Å²) in [7, 11) is 0. The van der Waals surface area contributed by atoms with E-state index in [0.29, 0.717) is 18.5 Å². The van der Waals surface area contributed by atoms with Crippen LogP contribution in [0.3, 0.4) is 0 Å². The Bertz CT molecular complexity index is 598. The second-order valence-electron chi connectivity index (χ2n) is 12.6. The fourth-order valence-electron chi connectivity index (χ4n) is 5.98. The van der Waals surface area contributed by atoms with Crippen LogP contribution in [0.4, 0.5) is 0 Å². The number of unbranched alkanes of at least 4 members (excludes halogenated alkanes) is 17. The highest BCUT2D eigenvalue weighted by Crippen LogP contribution is 2.21. The van der Waals surface area contributed by atoms with Gasteiger partial charge in [0, 0.05) is 0 Å². The van der Waals surface area contributed by atoms with E-state index in [9.17, 15) is 4.79 Å². The smallest absolute Gasteiger partial charge is 0.332 e. The molecule has 1 atom stereocenters. The van der Waals surface area contributed by atoms with Crippen LogP contribution in [-0.4, -0.2) is 40.4 Å². The van der Waals surface area contributed by atoms with Gasteiger partial charge in [-0.2, -0.15) is 0 Å². The number of nitrogens with zero attached hydrogens (tertiary/aromatic N) is 2. The van der Waals surface area contributed by atoms with Crippen molar-refractivity contribution < 1.29 is 15.0 Å². The number of aliphatic hydroxyl groups excluding tert-OH is 1. The molecule has 0 amide bonds. The van der Waals surface area contributed by atoms with E-state index in [1.165, 1.54) is 167 Å². The summed E-state index contributed by atoms with van der Waals surface area (Å²) in [6, 6.07) is 4.04. The SMILES string of the molecule is C(=NC1CCCCC1)=NC1CCCCC1.CCCCCCCCCCCCCCCCCCCCC(O)C(=O)O. The Morgan fingerprint density at radius 3 is 1.25 bits per heavy atom. The van der Waals surface area contributed by atoms with Crippen molar-refractivity contribution in [3.8, 4) is 0 Å². The number of carbonyl (C=O) groups is 1. The van der Waals surface area contributed by atoms with Crippen molar-refractivity contribution in [2.45, 2.75) is 211 Å². The molecule has 0 heterocycles. The van der Waals surface area contributed by atoms with Crippen molar-refractivity contribution in [1.82, 2.24) is 0 Å². The van der Waals surface area contributed by atoms with Gasteiger partial charge in [-0.25, -0.2) is 14.8 Å². The fraction of sp³-hybridized carbons (Fsp3) is 0.943. The Labute approximate surface area is 248 Å². The zero-order valence-corrected chi connectivity index (χ0v) is 26.4. The molecule has 0 aromatic heterocycles. The molecular formula is C35H66N2O3. The standard InChI is InChI=1S/C22H44O3.C13H22N2/c1-2-3-4-5-6-7-8-9-10-11-12-13-14-15-16-17-18-19-20-21(23)22(24)25;1-3-7-12(8-4-1)14-11-15-13-9-5-2-6-10-13/h21,23H,2-20H2,1H3,(H,24,25);12-13H,1-10H2. The molecule has 0 aliphatic heterocycles. The number of aliphatic imine (C=N–C) groups is 2. The minimum Gasteiger partial charge on any atom is -0.479 e. The molecule has 40 heavy (non-hydrogen) atoms. The lowest BCUT2D eigenvalue weighted by atomic mass is 9.96. The lowest BCUT2D eigenvalue weighted by Crippen LogP contribution is -2.18.